The minimum atomic E-state index is -3.75. The molecule has 3 N–H and O–H groups in total. The third-order valence-electron chi connectivity index (χ3n) is 3.31. The molecule has 1 aliphatic rings. The number of rotatable bonds is 5. The van der Waals surface area contributed by atoms with E-state index in [4.69, 9.17) is 5.73 Å². The Morgan fingerprint density at radius 1 is 1.39 bits per heavy atom. The van der Waals surface area contributed by atoms with Crippen molar-refractivity contribution in [2.75, 3.05) is 6.54 Å². The molecule has 0 saturated heterocycles. The van der Waals surface area contributed by atoms with Crippen LogP contribution in [0.5, 0.6) is 0 Å². The Kier molecular flexibility index (Phi) is 3.99. The Hall–Kier alpha value is -0.980. The standard InChI is InChI=1S/C12H17FN2O2S/c13-11-6-10(7-14)4-5-12(11)18(16,17)15-8-9-2-1-3-9/h4-6,9,15H,1-3,7-8,14H2. The van der Waals surface area contributed by atoms with Gasteiger partial charge in [-0.2, -0.15) is 0 Å². The molecule has 0 aliphatic heterocycles. The van der Waals surface area contributed by atoms with Gasteiger partial charge in [-0.05, 0) is 36.5 Å². The lowest BCUT2D eigenvalue weighted by Crippen LogP contribution is -2.32. The van der Waals surface area contributed by atoms with E-state index in [0.717, 1.165) is 25.3 Å². The summed E-state index contributed by atoms with van der Waals surface area (Å²) in [6.45, 7) is 0.577. The molecule has 1 aliphatic carbocycles. The van der Waals surface area contributed by atoms with Crippen LogP contribution in [0.2, 0.25) is 0 Å². The van der Waals surface area contributed by atoms with Crippen LogP contribution in [0.3, 0.4) is 0 Å². The Bertz CT molecular complexity index is 527. The average molecular weight is 272 g/mol. The van der Waals surface area contributed by atoms with Gasteiger partial charge in [0.05, 0.1) is 0 Å². The van der Waals surface area contributed by atoms with Gasteiger partial charge in [0, 0.05) is 13.1 Å². The van der Waals surface area contributed by atoms with Crippen LogP contribution in [0.15, 0.2) is 23.1 Å². The molecule has 0 atom stereocenters. The largest absolute Gasteiger partial charge is 0.326 e. The van der Waals surface area contributed by atoms with E-state index in [1.54, 1.807) is 0 Å². The quantitative estimate of drug-likeness (QED) is 0.850. The van der Waals surface area contributed by atoms with Crippen molar-refractivity contribution in [3.8, 4) is 0 Å². The maximum Gasteiger partial charge on any atom is 0.243 e. The summed E-state index contributed by atoms with van der Waals surface area (Å²) in [7, 11) is -3.75. The molecule has 18 heavy (non-hydrogen) atoms. The number of halogens is 1. The number of benzene rings is 1. The molecule has 0 unspecified atom stereocenters. The van der Waals surface area contributed by atoms with Crippen LogP contribution in [-0.4, -0.2) is 15.0 Å². The zero-order valence-corrected chi connectivity index (χ0v) is 10.8. The summed E-state index contributed by atoms with van der Waals surface area (Å²) < 4.78 is 40.0. The molecular formula is C12H17FN2O2S. The Balaban J connectivity index is 2.12. The van der Waals surface area contributed by atoms with Crippen molar-refractivity contribution in [1.29, 1.82) is 0 Å². The minimum absolute atomic E-state index is 0.187. The van der Waals surface area contributed by atoms with Gasteiger partial charge in [-0.3, -0.25) is 0 Å². The highest BCUT2D eigenvalue weighted by Crippen LogP contribution is 2.26. The first kappa shape index (κ1) is 13.5. The van der Waals surface area contributed by atoms with Crippen molar-refractivity contribution < 1.29 is 12.8 Å². The molecule has 0 radical (unpaired) electrons. The van der Waals surface area contributed by atoms with Crippen LogP contribution in [0, 0.1) is 11.7 Å². The predicted octanol–water partition coefficient (Wildman–Crippen LogP) is 1.36. The molecular weight excluding hydrogens is 255 g/mol. The first-order valence-electron chi connectivity index (χ1n) is 6.01. The second-order valence-corrected chi connectivity index (χ2v) is 6.35. The molecule has 1 fully saturated rings. The van der Waals surface area contributed by atoms with Gasteiger partial charge >= 0.3 is 0 Å². The summed E-state index contributed by atoms with van der Waals surface area (Å²) in [4.78, 5) is -0.306. The molecule has 0 amide bonds. The Labute approximate surface area is 106 Å². The summed E-state index contributed by atoms with van der Waals surface area (Å²) in [6.07, 6.45) is 3.22. The number of nitrogens with two attached hydrogens (primary N) is 1. The van der Waals surface area contributed by atoms with E-state index in [2.05, 4.69) is 4.72 Å². The van der Waals surface area contributed by atoms with Gasteiger partial charge in [0.15, 0.2) is 0 Å². The lowest BCUT2D eigenvalue weighted by Gasteiger charge is -2.25. The lowest BCUT2D eigenvalue weighted by atomic mass is 9.86. The molecule has 4 nitrogen and oxygen atoms in total. The van der Waals surface area contributed by atoms with Gasteiger partial charge < -0.3 is 5.73 Å². The smallest absolute Gasteiger partial charge is 0.243 e. The highest BCUT2D eigenvalue weighted by molar-refractivity contribution is 7.89. The molecule has 0 spiro atoms. The highest BCUT2D eigenvalue weighted by Gasteiger charge is 2.23. The Morgan fingerprint density at radius 2 is 2.11 bits per heavy atom. The fourth-order valence-electron chi connectivity index (χ4n) is 1.89. The molecule has 2 rings (SSSR count). The zero-order chi connectivity index (χ0) is 13.2. The molecule has 1 aromatic rings. The van der Waals surface area contributed by atoms with Crippen molar-refractivity contribution in [2.24, 2.45) is 11.7 Å². The third kappa shape index (κ3) is 2.88. The Morgan fingerprint density at radius 3 is 2.61 bits per heavy atom. The van der Waals surface area contributed by atoms with Crippen LogP contribution in [0.4, 0.5) is 4.39 Å². The zero-order valence-electron chi connectivity index (χ0n) is 10.0. The first-order chi connectivity index (χ1) is 8.53. The first-order valence-corrected chi connectivity index (χ1v) is 7.49. The van der Waals surface area contributed by atoms with E-state index in [9.17, 15) is 12.8 Å². The van der Waals surface area contributed by atoms with Crippen LogP contribution in [0.1, 0.15) is 24.8 Å². The minimum Gasteiger partial charge on any atom is -0.326 e. The molecule has 1 aromatic carbocycles. The van der Waals surface area contributed by atoms with Crippen LogP contribution in [-0.2, 0) is 16.6 Å². The molecule has 1 saturated carbocycles. The van der Waals surface area contributed by atoms with Crippen molar-refractivity contribution in [1.82, 2.24) is 4.72 Å². The topological polar surface area (TPSA) is 72.2 Å². The molecule has 0 bridgehead atoms. The van der Waals surface area contributed by atoms with Crippen LogP contribution < -0.4 is 10.5 Å². The van der Waals surface area contributed by atoms with Crippen molar-refractivity contribution in [2.45, 2.75) is 30.7 Å². The second-order valence-electron chi connectivity index (χ2n) is 4.62. The van der Waals surface area contributed by atoms with Crippen molar-refractivity contribution >= 4 is 10.0 Å². The summed E-state index contributed by atoms with van der Waals surface area (Å²) in [5.41, 5.74) is 5.94. The number of hydrogen-bond acceptors (Lipinski definition) is 3. The number of nitrogens with one attached hydrogen (secondary N) is 1. The van der Waals surface area contributed by atoms with Gasteiger partial charge in [-0.15, -0.1) is 0 Å². The van der Waals surface area contributed by atoms with Gasteiger partial charge in [0.25, 0.3) is 0 Å². The lowest BCUT2D eigenvalue weighted by molar-refractivity contribution is 0.316. The number of sulfonamides is 1. The fourth-order valence-corrected chi connectivity index (χ4v) is 3.06. The van der Waals surface area contributed by atoms with Crippen molar-refractivity contribution in [3.63, 3.8) is 0 Å². The van der Waals surface area contributed by atoms with E-state index in [1.165, 1.54) is 12.1 Å². The van der Waals surface area contributed by atoms with E-state index in [1.807, 2.05) is 0 Å². The highest BCUT2D eigenvalue weighted by atomic mass is 32.2. The van der Waals surface area contributed by atoms with E-state index in [-0.39, 0.29) is 11.4 Å². The summed E-state index contributed by atoms with van der Waals surface area (Å²) in [5.74, 6) is -0.356. The monoisotopic (exact) mass is 272 g/mol. The van der Waals surface area contributed by atoms with Crippen LogP contribution >= 0.6 is 0 Å². The summed E-state index contributed by atoms with van der Waals surface area (Å²) in [5, 5.41) is 0. The second kappa shape index (κ2) is 5.34. The SMILES string of the molecule is NCc1ccc(S(=O)(=O)NCC2CCC2)c(F)c1. The van der Waals surface area contributed by atoms with E-state index < -0.39 is 15.8 Å². The van der Waals surface area contributed by atoms with E-state index in [0.29, 0.717) is 18.0 Å². The predicted molar refractivity (Wildman–Crippen MR) is 66.8 cm³/mol. The fraction of sp³-hybridized carbons (Fsp3) is 0.500. The number of hydrogen-bond donors (Lipinski definition) is 2. The molecule has 0 heterocycles. The maximum absolute atomic E-state index is 13.7. The van der Waals surface area contributed by atoms with Crippen molar-refractivity contribution in [3.05, 3.63) is 29.6 Å². The van der Waals surface area contributed by atoms with Gasteiger partial charge in [-0.25, -0.2) is 17.5 Å². The van der Waals surface area contributed by atoms with Gasteiger partial charge in [0.1, 0.15) is 10.7 Å². The maximum atomic E-state index is 13.7. The normalized spacial score (nSPS) is 16.6. The summed E-state index contributed by atoms with van der Waals surface area (Å²) in [6, 6.07) is 3.96. The molecule has 0 aromatic heterocycles. The molecule has 100 valence electrons. The van der Waals surface area contributed by atoms with Gasteiger partial charge in [0.2, 0.25) is 10.0 Å². The summed E-state index contributed by atoms with van der Waals surface area (Å²) >= 11 is 0. The van der Waals surface area contributed by atoms with Crippen LogP contribution in [0.25, 0.3) is 0 Å². The third-order valence-corrected chi connectivity index (χ3v) is 4.77. The van der Waals surface area contributed by atoms with Gasteiger partial charge in [-0.1, -0.05) is 12.5 Å². The van der Waals surface area contributed by atoms with E-state index >= 15 is 0 Å². The average Bonchev–Trinajstić information content (AvgIpc) is 2.26. The molecule has 6 heteroatoms.